The highest BCUT2D eigenvalue weighted by molar-refractivity contribution is 9.09. The van der Waals surface area contributed by atoms with E-state index in [-0.39, 0.29) is 143 Å². The third-order valence-corrected chi connectivity index (χ3v) is 17.1. The van der Waals surface area contributed by atoms with Gasteiger partial charge in [0.1, 0.15) is 62.6 Å². The Morgan fingerprint density at radius 3 is 1.35 bits per heavy atom. The van der Waals surface area contributed by atoms with Gasteiger partial charge in [-0.3, -0.25) is 34.3 Å². The number of nitro benzene ring substituents is 1. The van der Waals surface area contributed by atoms with E-state index in [1.807, 2.05) is 62.3 Å². The molecule has 43 nitrogen and oxygen atoms in total. The van der Waals surface area contributed by atoms with Crippen LogP contribution in [0.1, 0.15) is 130 Å². The van der Waals surface area contributed by atoms with Gasteiger partial charge in [-0.05, 0) is 154 Å². The van der Waals surface area contributed by atoms with Crippen molar-refractivity contribution in [1.82, 2.24) is 49.4 Å². The number of nitrogens with zero attached hydrogens (tertiary/aromatic N) is 10. The van der Waals surface area contributed by atoms with E-state index in [1.54, 1.807) is 80.5 Å². The van der Waals surface area contributed by atoms with Crippen molar-refractivity contribution >= 4 is 119 Å². The molecule has 4 atom stereocenters. The number of halogens is 2. The summed E-state index contributed by atoms with van der Waals surface area (Å²) in [6, 6.07) is 8.99. The van der Waals surface area contributed by atoms with Gasteiger partial charge in [-0.25, -0.2) is 43.2 Å². The third-order valence-electron chi connectivity index (χ3n) is 16.6. The van der Waals surface area contributed by atoms with Crippen molar-refractivity contribution < 1.29 is 147 Å². The number of fused-ring (bicyclic) bond motifs is 2. The number of hydrogen-bond donors (Lipinski definition) is 6. The fourth-order valence-corrected chi connectivity index (χ4v) is 11.4. The first-order chi connectivity index (χ1) is 56.5. The average Bonchev–Trinajstić information content (AvgIpc) is 1.61. The molecule has 46 heteroatoms. The fourth-order valence-electron chi connectivity index (χ4n) is 11.2. The van der Waals surface area contributed by atoms with Crippen LogP contribution in [0.15, 0.2) is 48.5 Å². The number of aliphatic hydroxyl groups is 3. The molecule has 8 saturated heterocycles. The van der Waals surface area contributed by atoms with Gasteiger partial charge in [-0.1, -0.05) is 15.9 Å². The molecule has 8 fully saturated rings. The molecule has 0 aliphatic carbocycles. The first-order valence-electron chi connectivity index (χ1n) is 39.4. The minimum absolute atomic E-state index is 0. The number of nitrogens with one attached hydrogen (secondary N) is 1. The van der Waals surface area contributed by atoms with Gasteiger partial charge >= 0.3 is 65.9 Å². The van der Waals surface area contributed by atoms with Crippen LogP contribution < -0.4 is 26.3 Å². The van der Waals surface area contributed by atoms with Crippen molar-refractivity contribution in [3.63, 3.8) is 0 Å². The van der Waals surface area contributed by atoms with Crippen molar-refractivity contribution in [2.45, 2.75) is 182 Å². The number of rotatable bonds is 11. The zero-order valence-corrected chi connectivity index (χ0v) is 76.7. The van der Waals surface area contributed by atoms with Gasteiger partial charge in [0.25, 0.3) is 11.6 Å². The monoisotopic (exact) mass is 1860 g/mol. The van der Waals surface area contributed by atoms with Gasteiger partial charge in [0.05, 0.1) is 71.2 Å². The molecule has 10 rings (SSSR count). The van der Waals surface area contributed by atoms with Gasteiger partial charge in [0, 0.05) is 149 Å². The average molecular weight is 1860 g/mol. The van der Waals surface area contributed by atoms with Gasteiger partial charge < -0.3 is 129 Å². The topological polar surface area (TPSA) is 568 Å². The Balaban J connectivity index is 0. The maximum absolute atomic E-state index is 12.5. The second-order valence-electron chi connectivity index (χ2n) is 32.4. The Hall–Kier alpha value is -9.29. The quantitative estimate of drug-likeness (QED) is 0.0267. The number of methoxy groups -OCH3 is 2. The molecule has 0 saturated carbocycles. The molecule has 705 valence electrons. The maximum Gasteiger partial charge on any atom is 0.416 e. The van der Waals surface area contributed by atoms with Crippen LogP contribution >= 0.6 is 27.5 Å². The van der Waals surface area contributed by atoms with Crippen LogP contribution in [0, 0.1) is 10.1 Å². The van der Waals surface area contributed by atoms with E-state index in [1.165, 1.54) is 83.8 Å². The lowest BCUT2D eigenvalue weighted by Crippen LogP contribution is -2.60. The standard InChI is InChI=1S/C18H23N3O8.C13H21N3O5.C13H23N3O4.C11H20N2O4.C7H6ClNO2.C6H11BrO2.2C4H8O.C2H7NO.B.2H2O/c1-18(2,3)29-16(23)19-9-10-20(14(11-19)15(22)27-4)17(24)28-13-7-5-12(6-8-13)21(25)26;1-13(2,3)21-12(20)14-4-5-15-9(8-14)10(18)16(6-7-17)11(15)19;1-13(2,3)20-12(19)15-4-5-16-10(9-15)8-14(6-7-17)11(16)18;1-11(2,3)17-10(15)13-6-5-12-8(7-13)9(14)16-4;8-7(10)11-6-3-1-5(9)2-4-6;1-6(2,3)9-5(8)4-7;2*1-2-4-5-3-1;3-1-2-4;;;/h5-8,14H,9-11H2,1-4H3;9,17H,4-8H2,1-3H3;10,17H,4-9H2,1-3H3;8,12H,5-7H2,1-4H3;1-4H,9H2;4H2,1-3H3;2*1-4H2;4H,1-3H2;;2*1H2/p+1. The summed E-state index contributed by atoms with van der Waals surface area (Å²) in [5.74, 6) is -1.15. The van der Waals surface area contributed by atoms with Crippen molar-refractivity contribution in [3.8, 4) is 11.5 Å². The number of quaternary nitrogens is 1. The molecule has 2 aromatic carbocycles. The maximum atomic E-state index is 12.5. The number of piperazine rings is 4. The molecule has 4 unspecified atom stereocenters. The lowest BCUT2D eigenvalue weighted by Gasteiger charge is -2.39. The number of carbonyl (C=O) groups is 12. The molecule has 8 aliphatic heterocycles. The fraction of sp³-hybridized carbons (Fsp3) is 0.692. The molecule has 13 N–H and O–H groups in total. The molecule has 3 radical (unpaired) electrons. The van der Waals surface area contributed by atoms with Crippen LogP contribution in [0.4, 0.5) is 49.7 Å². The number of alkyl halides is 1. The lowest BCUT2D eigenvalue weighted by atomic mass is 10.1. The van der Waals surface area contributed by atoms with E-state index < -0.39 is 87.3 Å². The predicted octanol–water partition coefficient (Wildman–Crippen LogP) is 4.28. The highest BCUT2D eigenvalue weighted by atomic mass is 79.9. The number of aliphatic hydroxyl groups excluding tert-OH is 3. The van der Waals surface area contributed by atoms with Crippen LogP contribution in [-0.4, -0.2) is 378 Å². The second-order valence-corrected chi connectivity index (χ2v) is 33.3. The molecule has 8 aliphatic rings. The number of benzene rings is 2. The number of hydrogen-bond acceptors (Lipinski definition) is 30. The van der Waals surface area contributed by atoms with Gasteiger partial charge in [-0.15, -0.1) is 0 Å². The van der Waals surface area contributed by atoms with E-state index in [9.17, 15) is 67.6 Å². The number of non-ortho nitro benzene ring substituents is 1. The van der Waals surface area contributed by atoms with Gasteiger partial charge in [0.15, 0.2) is 6.04 Å². The zero-order valence-electron chi connectivity index (χ0n) is 74.4. The van der Waals surface area contributed by atoms with E-state index in [2.05, 4.69) is 36.5 Å². The largest absolute Gasteiger partial charge is 0.468 e. The summed E-state index contributed by atoms with van der Waals surface area (Å²) >= 11 is 7.97. The summed E-state index contributed by atoms with van der Waals surface area (Å²) in [4.78, 5) is 164. The lowest BCUT2D eigenvalue weighted by molar-refractivity contribution is -0.384. The van der Waals surface area contributed by atoms with Gasteiger partial charge in [-0.2, -0.15) is 0 Å². The summed E-state index contributed by atoms with van der Waals surface area (Å²) < 4.78 is 55.1. The number of amides is 10. The summed E-state index contributed by atoms with van der Waals surface area (Å²) in [5, 5.41) is 39.6. The zero-order chi connectivity index (χ0) is 91.8. The minimum Gasteiger partial charge on any atom is -0.468 e. The number of esters is 3. The highest BCUT2D eigenvalue weighted by Crippen LogP contribution is 2.27. The van der Waals surface area contributed by atoms with Crippen molar-refractivity contribution in [3.05, 3.63) is 58.6 Å². The Morgan fingerprint density at radius 2 is 0.960 bits per heavy atom. The van der Waals surface area contributed by atoms with Crippen molar-refractivity contribution in [2.24, 2.45) is 5.73 Å². The highest BCUT2D eigenvalue weighted by Gasteiger charge is 2.49. The summed E-state index contributed by atoms with van der Waals surface area (Å²) in [6.45, 7) is 35.6. The first kappa shape index (κ1) is 117. The molecule has 0 bridgehead atoms. The number of β-amino-alcohol motifs (C(OH)–C–C–N with tert-alkyl or cyclic N) is 2. The minimum atomic E-state index is -1.08. The molecule has 0 aromatic heterocycles. The van der Waals surface area contributed by atoms with E-state index in [4.69, 9.17) is 75.3 Å². The normalized spacial score (nSPS) is 18.2. The SMILES string of the molecule is C1CCOC1.C1CCOC1.CC(C)(C)OC(=O)CBr.CC(C)(C)OC(=O)N1CCN2C(=O)N(CCO)C(=O)C2C1.CC(C)(C)OC(=O)N1CCN2C(=O)N(CCO)CC2C1.COC(=O)C1CN(C(=O)OC(C)(C)C)CCN1.COC(=O)C1CN(C(=O)OC(C)(C)C)CCN1C(=O)Oc1ccc([N+](=O)[O-])cc1.NCCO.O.O.[B].[NH3+]c1ccc(OC(=O)Cl)cc1. The third kappa shape index (κ3) is 45.6. The molecule has 124 heavy (non-hydrogen) atoms. The van der Waals surface area contributed by atoms with E-state index in [0.717, 1.165) is 41.9 Å². The molecular formula is C78H132BBrClN13O30+. The Bertz CT molecular complexity index is 3590. The van der Waals surface area contributed by atoms with Crippen molar-refractivity contribution in [2.75, 3.05) is 171 Å². The number of urea groups is 2. The smallest absolute Gasteiger partial charge is 0.416 e. The first-order valence-corrected chi connectivity index (χ1v) is 40.9. The van der Waals surface area contributed by atoms with Gasteiger partial charge in [0.2, 0.25) is 0 Å². The Kier molecular flexibility index (Phi) is 54.0. The number of ether oxygens (including phenoxy) is 11. The van der Waals surface area contributed by atoms with Crippen LogP contribution in [-0.2, 0) is 61.8 Å². The second kappa shape index (κ2) is 57.4. The Labute approximate surface area is 739 Å². The number of carbonyl (C=O) groups excluding carboxylic acids is 12. The van der Waals surface area contributed by atoms with Crippen LogP contribution in [0.3, 0.4) is 0 Å². The number of imide groups is 1. The number of nitro groups is 1. The van der Waals surface area contributed by atoms with Crippen LogP contribution in [0.2, 0.25) is 0 Å². The molecule has 10 amide bonds. The molecule has 2 aromatic rings. The molecule has 8 heterocycles. The van der Waals surface area contributed by atoms with Crippen molar-refractivity contribution in [1.29, 1.82) is 0 Å². The summed E-state index contributed by atoms with van der Waals surface area (Å²) in [7, 11) is 2.50. The molecular weight excluding hydrogens is 1730 g/mol. The summed E-state index contributed by atoms with van der Waals surface area (Å²) in [6.07, 6.45) is 2.47. The number of nitrogens with two attached hydrogens (primary N) is 1. The summed E-state index contributed by atoms with van der Waals surface area (Å²) in [5.41, 5.74) is 5.62. The van der Waals surface area contributed by atoms with Crippen LogP contribution in [0.25, 0.3) is 0 Å². The predicted molar refractivity (Wildman–Crippen MR) is 456 cm³/mol. The Morgan fingerprint density at radius 1 is 0.548 bits per heavy atom. The van der Waals surface area contributed by atoms with Crippen LogP contribution in [0.5, 0.6) is 11.5 Å². The molecule has 0 spiro atoms. The van der Waals surface area contributed by atoms with E-state index >= 15 is 0 Å². The van der Waals surface area contributed by atoms with E-state index in [0.29, 0.717) is 64.7 Å².